The number of carbonyl (C=O) groups excluding carboxylic acids is 2. The highest BCUT2D eigenvalue weighted by Crippen LogP contribution is 2.69. The minimum atomic E-state index is -1.03. The molecule has 18 rings (SSSR count). The molecule has 0 unspecified atom stereocenters. The standard InChI is InChI=1S/C98H79Cl4N7O2S6/c1-7-11-15-19-23-54-27-35-58(36-28-54)97(59-37-29-55(30-38-59)24-20-16-12-8-2)70-45-62(43-68-77(53(5)51-103)64-47-72(99)74(101)49-66(64)89(68)110)112-91(70)95-83(97)81-79-80(86-87(93(81)114-95)108-116-107-86)82-84-96(115-94(82)88-85(79)106-117-109-88)92-71(46-63(113-92)44-69-78(76(52-104)105-6)65-48-73(100)75(102)50-67(65)90(69)111)98(84,60-39-31-56(32-40-60)25-21-17-13-9-3)61-41-33-57(34-42-61)26-22-18-14-10-4/h27-50H,7-26H2,1-5H3/b68-43-,69-44-,77-53-,78-76+. The van der Waals surface area contributed by atoms with Gasteiger partial charge in [0.05, 0.1) is 102 Å². The number of fused-ring (bicyclic) bond motifs is 21. The molecule has 14 aromatic rings. The minimum absolute atomic E-state index is 0.202. The molecule has 0 N–H and O–H groups in total. The maximum Gasteiger partial charge on any atom is 0.270 e. The van der Waals surface area contributed by atoms with Crippen LogP contribution >= 0.6 is 115 Å². The fraction of sp³-hybridized carbons (Fsp3) is 0.276. The van der Waals surface area contributed by atoms with E-state index in [1.54, 1.807) is 76.5 Å². The second-order valence-electron chi connectivity index (χ2n) is 31.5. The first-order valence-electron chi connectivity index (χ1n) is 40.7. The Balaban J connectivity index is 0.957. The number of nitriles is 2. The Morgan fingerprint density at radius 2 is 0.752 bits per heavy atom. The number of ketones is 2. The smallest absolute Gasteiger partial charge is 0.270 e. The molecule has 0 fully saturated rings. The van der Waals surface area contributed by atoms with Gasteiger partial charge in [-0.2, -0.15) is 22.8 Å². The number of unbranched alkanes of at least 4 members (excludes halogenated alkanes) is 12. The third kappa shape index (κ3) is 13.0. The van der Waals surface area contributed by atoms with Gasteiger partial charge in [0.1, 0.15) is 22.1 Å². The van der Waals surface area contributed by atoms with Crippen LogP contribution in [0.4, 0.5) is 0 Å². The van der Waals surface area contributed by atoms with E-state index < -0.39 is 10.8 Å². The summed E-state index contributed by atoms with van der Waals surface area (Å²) < 4.78 is 24.0. The van der Waals surface area contributed by atoms with Crippen LogP contribution in [0.1, 0.15) is 246 Å². The number of hydrogen-bond acceptors (Lipinski definition) is 14. The van der Waals surface area contributed by atoms with Gasteiger partial charge in [-0.25, -0.2) is 10.1 Å². The summed E-state index contributed by atoms with van der Waals surface area (Å²) in [6, 6.07) is 53.3. The van der Waals surface area contributed by atoms with E-state index in [0.29, 0.717) is 38.4 Å². The Morgan fingerprint density at radius 1 is 0.419 bits per heavy atom. The van der Waals surface area contributed by atoms with Crippen LogP contribution in [0.15, 0.2) is 156 Å². The third-order valence-electron chi connectivity index (χ3n) is 24.5. The predicted octanol–water partition coefficient (Wildman–Crippen LogP) is 30.2. The molecule has 9 nitrogen and oxygen atoms in total. The monoisotopic (exact) mass is 1720 g/mol. The zero-order valence-corrected chi connectivity index (χ0v) is 73.3. The van der Waals surface area contributed by atoms with E-state index in [-0.39, 0.29) is 49.0 Å². The second-order valence-corrected chi connectivity index (χ2v) is 38.4. The van der Waals surface area contributed by atoms with Crippen molar-refractivity contribution >= 4 is 203 Å². The summed E-state index contributed by atoms with van der Waals surface area (Å²) in [5.74, 6) is -0.566. The topological polar surface area (TPSA) is 138 Å². The maximum atomic E-state index is 15.1. The number of allylic oxidation sites excluding steroid dienone is 6. The van der Waals surface area contributed by atoms with Crippen molar-refractivity contribution in [3.05, 3.63) is 286 Å². The average molecular weight is 1720 g/mol. The van der Waals surface area contributed by atoms with Crippen molar-refractivity contribution in [1.29, 1.82) is 10.5 Å². The van der Waals surface area contributed by atoms with E-state index in [2.05, 4.69) is 154 Å². The zero-order valence-electron chi connectivity index (χ0n) is 65.4. The summed E-state index contributed by atoms with van der Waals surface area (Å²) in [5.41, 5.74) is 18.2. The number of halogens is 4. The minimum Gasteiger partial charge on any atom is -0.289 e. The quantitative estimate of drug-likeness (QED) is 0.0226. The summed E-state index contributed by atoms with van der Waals surface area (Å²) >= 11 is 36.1. The van der Waals surface area contributed by atoms with Crippen LogP contribution in [0.2, 0.25) is 20.1 Å². The third-order valence-corrected chi connectivity index (χ3v) is 31.9. The van der Waals surface area contributed by atoms with Gasteiger partial charge in [-0.1, -0.05) is 248 Å². The van der Waals surface area contributed by atoms with Crippen molar-refractivity contribution in [2.75, 3.05) is 0 Å². The Morgan fingerprint density at radius 3 is 1.09 bits per heavy atom. The van der Waals surface area contributed by atoms with Crippen molar-refractivity contribution in [2.45, 2.75) is 174 Å². The van der Waals surface area contributed by atoms with Gasteiger partial charge in [-0.3, -0.25) is 9.59 Å². The number of thiophene rings is 4. The maximum absolute atomic E-state index is 15.1. The summed E-state index contributed by atoms with van der Waals surface area (Å²) in [7, 11) is 0. The first-order valence-corrected chi connectivity index (χ1v) is 47.0. The number of rotatable bonds is 26. The molecule has 6 heterocycles. The van der Waals surface area contributed by atoms with Crippen LogP contribution in [-0.2, 0) is 36.5 Å². The van der Waals surface area contributed by atoms with E-state index in [0.717, 1.165) is 230 Å². The van der Waals surface area contributed by atoms with E-state index in [1.807, 2.05) is 12.2 Å². The molecule has 4 aliphatic carbocycles. The van der Waals surface area contributed by atoms with E-state index >= 15 is 9.59 Å². The molecular weight excluding hydrogens is 1640 g/mol. The van der Waals surface area contributed by atoms with Crippen molar-refractivity contribution in [2.24, 2.45) is 0 Å². The van der Waals surface area contributed by atoms with Crippen LogP contribution in [0.3, 0.4) is 0 Å². The van der Waals surface area contributed by atoms with Crippen molar-refractivity contribution in [1.82, 2.24) is 17.5 Å². The van der Waals surface area contributed by atoms with Gasteiger partial charge in [-0.05, 0) is 185 Å². The molecule has 8 aromatic carbocycles. The van der Waals surface area contributed by atoms with Gasteiger partial charge in [0, 0.05) is 70.3 Å². The number of benzene rings is 8. The summed E-state index contributed by atoms with van der Waals surface area (Å²) in [6.45, 7) is 19.1. The van der Waals surface area contributed by atoms with Gasteiger partial charge in [-0.15, -0.1) is 45.3 Å². The van der Waals surface area contributed by atoms with Crippen molar-refractivity contribution in [3.63, 3.8) is 0 Å². The summed E-state index contributed by atoms with van der Waals surface area (Å²) in [6.07, 6.45) is 25.9. The normalized spacial score (nSPS) is 15.8. The molecule has 0 bridgehead atoms. The largest absolute Gasteiger partial charge is 0.289 e. The van der Waals surface area contributed by atoms with Gasteiger partial charge >= 0.3 is 0 Å². The Bertz CT molecular complexity index is 6590. The highest BCUT2D eigenvalue weighted by atomic mass is 35.5. The van der Waals surface area contributed by atoms with Crippen LogP contribution in [0, 0.1) is 29.2 Å². The van der Waals surface area contributed by atoms with Gasteiger partial charge in [0.25, 0.3) is 5.70 Å². The molecular formula is C98H79Cl4N7O2S6. The second kappa shape index (κ2) is 32.6. The summed E-state index contributed by atoms with van der Waals surface area (Å²) in [4.78, 5) is 39.8. The number of Topliss-reactive ketones (excluding diaryl/α,β-unsaturated/α-hetero) is 2. The zero-order chi connectivity index (χ0) is 80.7. The van der Waals surface area contributed by atoms with Gasteiger partial charge < -0.3 is 0 Å². The van der Waals surface area contributed by atoms with Crippen LogP contribution in [0.5, 0.6) is 0 Å². The lowest BCUT2D eigenvalue weighted by Gasteiger charge is -2.34. The molecule has 582 valence electrons. The van der Waals surface area contributed by atoms with Gasteiger partial charge in [0.15, 0.2) is 11.6 Å². The molecule has 0 amide bonds. The first-order chi connectivity index (χ1) is 57.1. The highest BCUT2D eigenvalue weighted by molar-refractivity contribution is 7.29. The van der Waals surface area contributed by atoms with E-state index in [1.165, 1.54) is 71.4 Å². The number of carbonyl (C=O) groups is 2. The Hall–Kier alpha value is -9.09. The molecule has 0 saturated carbocycles. The van der Waals surface area contributed by atoms with Crippen LogP contribution < -0.4 is 0 Å². The summed E-state index contributed by atoms with van der Waals surface area (Å²) in [5, 5.41) is 26.4. The fourth-order valence-corrected chi connectivity index (χ4v) is 26.1. The lowest BCUT2D eigenvalue weighted by atomic mass is 9.66. The fourth-order valence-electron chi connectivity index (χ4n) is 18.9. The molecule has 117 heavy (non-hydrogen) atoms. The highest BCUT2D eigenvalue weighted by Gasteiger charge is 2.54. The average Bonchev–Trinajstić information content (AvgIpc) is 1.49. The Labute approximate surface area is 725 Å². The lowest BCUT2D eigenvalue weighted by Crippen LogP contribution is -2.28. The Kier molecular flexibility index (Phi) is 22.0. The van der Waals surface area contributed by atoms with Crippen molar-refractivity contribution < 1.29 is 9.59 Å². The first kappa shape index (κ1) is 79.1. The van der Waals surface area contributed by atoms with E-state index in [9.17, 15) is 10.5 Å². The molecule has 6 aromatic heterocycles. The van der Waals surface area contributed by atoms with E-state index in [4.69, 9.17) is 70.5 Å². The molecule has 0 aliphatic heterocycles. The number of hydrogen-bond donors (Lipinski definition) is 0. The molecule has 0 saturated heterocycles. The number of aromatic nitrogens is 4. The molecule has 0 radical (unpaired) electrons. The molecule has 19 heteroatoms. The number of nitrogens with zero attached hydrogens (tertiary/aromatic N) is 7. The molecule has 4 aliphatic rings. The number of aryl methyl sites for hydroxylation is 4. The SMILES string of the molecule is [C-]#[N+]/C(C#N)=C1/C(=C/c2cc3c(s2)-c2sc4c5nsnc5c5c6c7c(sc6c6nsnc6c5c4c2C3(c2ccc(CCCCCC)cc2)c2ccc(CCCCCC)cc2)-c2sc(/C=C3\C(=O)c4cc(Cl)c(Cl)cc4\C3=C(/C)C#N)cc2C7(c2ccc(CCCCCC)cc2)c2ccc(CCCCCC)cc2)C(=O)c2cc(Cl)c(Cl)cc21. The van der Waals surface area contributed by atoms with Crippen LogP contribution in [-0.4, -0.2) is 29.1 Å². The molecule has 0 spiro atoms. The van der Waals surface area contributed by atoms with Gasteiger partial charge in [0.2, 0.25) is 0 Å². The lowest BCUT2D eigenvalue weighted by molar-refractivity contribution is 0.103. The van der Waals surface area contributed by atoms with Crippen LogP contribution in [0.25, 0.3) is 101 Å². The predicted molar refractivity (Wildman–Crippen MR) is 493 cm³/mol. The van der Waals surface area contributed by atoms with Crippen molar-refractivity contribution in [3.8, 4) is 31.6 Å². The molecule has 0 atom stereocenters.